The van der Waals surface area contributed by atoms with Crippen LogP contribution >= 0.6 is 23.5 Å². The van der Waals surface area contributed by atoms with Crippen LogP contribution in [0.25, 0.3) is 0 Å². The van der Waals surface area contributed by atoms with Crippen molar-refractivity contribution in [3.8, 4) is 0 Å². The van der Waals surface area contributed by atoms with Gasteiger partial charge in [-0.2, -0.15) is 0 Å². The standard InChI is InChI=1S/C8H12S2Te2/c1-5(9-1)7-3-12-8(4-11-7)6-2-10-6/h5-8H,1-4H2. The van der Waals surface area contributed by atoms with Crippen LogP contribution in [-0.4, -0.2) is 63.9 Å². The van der Waals surface area contributed by atoms with Crippen molar-refractivity contribution in [2.45, 2.75) is 27.4 Å². The number of hydrogen-bond acceptors (Lipinski definition) is 2. The average molecular weight is 428 g/mol. The van der Waals surface area contributed by atoms with Gasteiger partial charge in [-0.25, -0.2) is 0 Å². The first-order valence-electron chi connectivity index (χ1n) is 4.40. The molecule has 3 aliphatic rings. The molecule has 0 saturated carbocycles. The summed E-state index contributed by atoms with van der Waals surface area (Å²) in [4.78, 5) is 0. The van der Waals surface area contributed by atoms with Crippen molar-refractivity contribution in [1.82, 2.24) is 0 Å². The monoisotopic (exact) mass is 432 g/mol. The molecule has 0 N–H and O–H groups in total. The van der Waals surface area contributed by atoms with Crippen molar-refractivity contribution in [3.05, 3.63) is 0 Å². The Hall–Kier alpha value is 2.28. The van der Waals surface area contributed by atoms with E-state index in [1.54, 1.807) is 8.94 Å². The molecule has 0 aromatic carbocycles. The number of rotatable bonds is 2. The van der Waals surface area contributed by atoms with Crippen LogP contribution in [0, 0.1) is 0 Å². The minimum atomic E-state index is 0.463. The molecule has 0 aromatic heterocycles. The Morgan fingerprint density at radius 3 is 1.50 bits per heavy atom. The van der Waals surface area contributed by atoms with Gasteiger partial charge in [0.25, 0.3) is 0 Å². The van der Waals surface area contributed by atoms with Crippen LogP contribution in [0.2, 0.25) is 16.9 Å². The second-order valence-electron chi connectivity index (χ2n) is 3.49. The van der Waals surface area contributed by atoms with E-state index in [9.17, 15) is 0 Å². The van der Waals surface area contributed by atoms with Crippen LogP contribution in [0.4, 0.5) is 0 Å². The third-order valence-corrected chi connectivity index (χ3v) is 18.2. The Kier molecular flexibility index (Phi) is 3.19. The zero-order valence-electron chi connectivity index (χ0n) is 6.77. The summed E-state index contributed by atoms with van der Waals surface area (Å²) in [5.74, 6) is 3.07. The number of hydrogen-bond donors (Lipinski definition) is 0. The van der Waals surface area contributed by atoms with Crippen LogP contribution < -0.4 is 0 Å². The summed E-state index contributed by atoms with van der Waals surface area (Å²) in [6.07, 6.45) is 0. The second kappa shape index (κ2) is 4.03. The van der Waals surface area contributed by atoms with Crippen LogP contribution in [0.15, 0.2) is 0 Å². The predicted molar refractivity (Wildman–Crippen MR) is 61.1 cm³/mol. The molecule has 0 bridgehead atoms. The maximum absolute atomic E-state index is 2.25. The first kappa shape index (κ1) is 9.50. The van der Waals surface area contributed by atoms with Crippen molar-refractivity contribution in [2.24, 2.45) is 0 Å². The van der Waals surface area contributed by atoms with E-state index in [-0.39, 0.29) is 0 Å². The van der Waals surface area contributed by atoms with Gasteiger partial charge in [0.2, 0.25) is 0 Å². The van der Waals surface area contributed by atoms with Crippen molar-refractivity contribution in [1.29, 1.82) is 0 Å². The third-order valence-electron chi connectivity index (χ3n) is 2.50. The molecule has 12 heavy (non-hydrogen) atoms. The molecular formula is C8H12S2Te2. The molecule has 3 heterocycles. The zero-order valence-corrected chi connectivity index (χ0v) is 13.1. The molecule has 0 aromatic rings. The summed E-state index contributed by atoms with van der Waals surface area (Å²) in [5, 5.41) is 2.37. The molecule has 4 atom stereocenters. The van der Waals surface area contributed by atoms with Crippen LogP contribution in [-0.2, 0) is 0 Å². The first-order chi connectivity index (χ1) is 5.93. The van der Waals surface area contributed by atoms with E-state index in [0.717, 1.165) is 0 Å². The van der Waals surface area contributed by atoms with E-state index in [2.05, 4.69) is 23.5 Å². The molecule has 0 amide bonds. The molecule has 0 nitrogen and oxygen atoms in total. The van der Waals surface area contributed by atoms with E-state index in [0.29, 0.717) is 41.8 Å². The van der Waals surface area contributed by atoms with Gasteiger partial charge in [0.05, 0.1) is 0 Å². The Labute approximate surface area is 103 Å². The summed E-state index contributed by atoms with van der Waals surface area (Å²) in [6.45, 7) is 0. The Balaban J connectivity index is 1.51. The van der Waals surface area contributed by atoms with E-state index < -0.39 is 0 Å². The van der Waals surface area contributed by atoms with E-state index in [1.165, 1.54) is 29.9 Å². The van der Waals surface area contributed by atoms with Gasteiger partial charge in [-0.3, -0.25) is 0 Å². The summed E-state index contributed by atoms with van der Waals surface area (Å²) in [6, 6.07) is 0. The molecule has 4 heteroatoms. The molecule has 3 rings (SSSR count). The maximum atomic E-state index is 2.25. The summed E-state index contributed by atoms with van der Waals surface area (Å²) >= 11 is 5.42. The summed E-state index contributed by atoms with van der Waals surface area (Å²) in [7, 11) is 0. The van der Waals surface area contributed by atoms with Gasteiger partial charge in [-0.05, 0) is 0 Å². The first-order valence-corrected chi connectivity index (χ1v) is 12.5. The van der Waals surface area contributed by atoms with E-state index in [4.69, 9.17) is 0 Å². The van der Waals surface area contributed by atoms with Gasteiger partial charge >= 0.3 is 104 Å². The van der Waals surface area contributed by atoms with Gasteiger partial charge in [0.15, 0.2) is 0 Å². The zero-order chi connectivity index (χ0) is 7.97. The Morgan fingerprint density at radius 2 is 1.25 bits per heavy atom. The van der Waals surface area contributed by atoms with Crippen molar-refractivity contribution >= 4 is 65.4 Å². The fourth-order valence-electron chi connectivity index (χ4n) is 1.50. The third kappa shape index (κ3) is 2.26. The Bertz CT molecular complexity index is 152. The van der Waals surface area contributed by atoms with Crippen molar-refractivity contribution in [2.75, 3.05) is 11.5 Å². The predicted octanol–water partition coefficient (Wildman–Crippen LogP) is 2.05. The molecule has 0 radical (unpaired) electrons. The molecule has 68 valence electrons. The molecule has 4 unspecified atom stereocenters. The average Bonchev–Trinajstić information content (AvgIpc) is 2.98. The molecule has 3 fully saturated rings. The normalized spacial score (nSPS) is 52.0. The second-order valence-corrected chi connectivity index (χ2v) is 13.3. The molecule has 3 aliphatic heterocycles. The van der Waals surface area contributed by atoms with Gasteiger partial charge in [-0.15, -0.1) is 0 Å². The van der Waals surface area contributed by atoms with Gasteiger partial charge < -0.3 is 0 Å². The van der Waals surface area contributed by atoms with Gasteiger partial charge in [0.1, 0.15) is 0 Å². The minimum absolute atomic E-state index is 0.463. The topological polar surface area (TPSA) is 0 Å². The SMILES string of the molecule is C1SC1C1C[Te]C(C2CS2)C[Te]1. The fourth-order valence-corrected chi connectivity index (χ4v) is 19.6. The van der Waals surface area contributed by atoms with Crippen LogP contribution in [0.3, 0.4) is 0 Å². The van der Waals surface area contributed by atoms with Crippen LogP contribution in [0.5, 0.6) is 0 Å². The van der Waals surface area contributed by atoms with E-state index in [1.807, 2.05) is 0 Å². The van der Waals surface area contributed by atoms with Crippen molar-refractivity contribution in [3.63, 3.8) is 0 Å². The number of thioether (sulfide) groups is 2. The molecule has 3 saturated heterocycles. The molecular weight excluding hydrogens is 415 g/mol. The van der Waals surface area contributed by atoms with E-state index >= 15 is 0 Å². The quantitative estimate of drug-likeness (QED) is 0.489. The molecule has 0 spiro atoms. The van der Waals surface area contributed by atoms with Crippen LogP contribution in [0.1, 0.15) is 0 Å². The van der Waals surface area contributed by atoms with Crippen molar-refractivity contribution < 1.29 is 0 Å². The molecule has 0 aliphatic carbocycles. The summed E-state index contributed by atoms with van der Waals surface area (Å²) < 4.78 is 6.10. The summed E-state index contributed by atoms with van der Waals surface area (Å²) in [5.41, 5.74) is 0. The van der Waals surface area contributed by atoms with Gasteiger partial charge in [-0.1, -0.05) is 0 Å². The Morgan fingerprint density at radius 1 is 0.833 bits per heavy atom. The fraction of sp³-hybridized carbons (Fsp3) is 1.00. The van der Waals surface area contributed by atoms with Gasteiger partial charge in [0, 0.05) is 0 Å².